The summed E-state index contributed by atoms with van der Waals surface area (Å²) >= 11 is 4.72. The van der Waals surface area contributed by atoms with E-state index in [9.17, 15) is 5.11 Å². The molecular formula is C13H8BrNOS. The Kier molecular flexibility index (Phi) is 3.72. The predicted molar refractivity (Wildman–Crippen MR) is 71.1 cm³/mol. The van der Waals surface area contributed by atoms with Crippen molar-refractivity contribution in [3.8, 4) is 11.8 Å². The molecule has 0 aliphatic heterocycles. The third-order valence-electron chi connectivity index (χ3n) is 2.17. The molecule has 17 heavy (non-hydrogen) atoms. The molecule has 0 saturated carbocycles. The average molecular weight is 306 g/mol. The van der Waals surface area contributed by atoms with Crippen LogP contribution in [0.15, 0.2) is 56.7 Å². The van der Waals surface area contributed by atoms with Crippen molar-refractivity contribution in [2.24, 2.45) is 0 Å². The van der Waals surface area contributed by atoms with Gasteiger partial charge in [0.2, 0.25) is 0 Å². The number of aromatic hydroxyl groups is 1. The van der Waals surface area contributed by atoms with Gasteiger partial charge < -0.3 is 5.11 Å². The molecule has 0 bridgehead atoms. The highest BCUT2D eigenvalue weighted by atomic mass is 79.9. The fourth-order valence-corrected chi connectivity index (χ4v) is 2.91. The molecule has 4 heteroatoms. The highest BCUT2D eigenvalue weighted by Crippen LogP contribution is 2.37. The van der Waals surface area contributed by atoms with E-state index in [4.69, 9.17) is 5.26 Å². The van der Waals surface area contributed by atoms with Crippen LogP contribution in [0.25, 0.3) is 0 Å². The average Bonchev–Trinajstić information content (AvgIpc) is 2.32. The number of phenolic OH excluding ortho intramolecular Hbond substituents is 1. The van der Waals surface area contributed by atoms with Gasteiger partial charge in [-0.3, -0.25) is 0 Å². The fourth-order valence-electron chi connectivity index (χ4n) is 1.36. The first-order valence-electron chi connectivity index (χ1n) is 4.87. The molecule has 0 atom stereocenters. The van der Waals surface area contributed by atoms with Gasteiger partial charge in [0, 0.05) is 9.37 Å². The lowest BCUT2D eigenvalue weighted by molar-refractivity contribution is 0.462. The first-order valence-corrected chi connectivity index (χ1v) is 6.48. The molecule has 0 aliphatic rings. The van der Waals surface area contributed by atoms with Crippen LogP contribution in [-0.2, 0) is 0 Å². The lowest BCUT2D eigenvalue weighted by Crippen LogP contribution is -1.83. The summed E-state index contributed by atoms with van der Waals surface area (Å²) in [7, 11) is 0. The van der Waals surface area contributed by atoms with Crippen LogP contribution in [0.2, 0.25) is 0 Å². The molecule has 0 amide bonds. The molecule has 2 nitrogen and oxygen atoms in total. The zero-order valence-corrected chi connectivity index (χ0v) is 11.1. The predicted octanol–water partition coefficient (Wildman–Crippen LogP) is 4.18. The highest BCUT2D eigenvalue weighted by Gasteiger charge is 2.09. The van der Waals surface area contributed by atoms with E-state index in [-0.39, 0.29) is 5.75 Å². The van der Waals surface area contributed by atoms with Gasteiger partial charge in [-0.25, -0.2) is 0 Å². The van der Waals surface area contributed by atoms with Crippen molar-refractivity contribution in [1.29, 1.82) is 5.26 Å². The Morgan fingerprint density at radius 2 is 1.76 bits per heavy atom. The minimum absolute atomic E-state index is 0.223. The summed E-state index contributed by atoms with van der Waals surface area (Å²) in [5.41, 5.74) is 0.584. The van der Waals surface area contributed by atoms with Gasteiger partial charge >= 0.3 is 0 Å². The zero-order chi connectivity index (χ0) is 12.3. The molecule has 2 rings (SSSR count). The number of hydrogen-bond acceptors (Lipinski definition) is 3. The molecule has 2 aromatic carbocycles. The first kappa shape index (κ1) is 12.0. The highest BCUT2D eigenvalue weighted by molar-refractivity contribution is 9.10. The van der Waals surface area contributed by atoms with Crippen molar-refractivity contribution >= 4 is 27.7 Å². The van der Waals surface area contributed by atoms with Crippen LogP contribution < -0.4 is 0 Å². The molecule has 0 unspecified atom stereocenters. The van der Waals surface area contributed by atoms with Crippen molar-refractivity contribution in [3.63, 3.8) is 0 Å². The normalized spacial score (nSPS) is 9.88. The Morgan fingerprint density at radius 3 is 2.47 bits per heavy atom. The topological polar surface area (TPSA) is 44.0 Å². The second kappa shape index (κ2) is 5.26. The molecule has 2 aromatic rings. The minimum atomic E-state index is 0.223. The number of phenols is 1. The van der Waals surface area contributed by atoms with E-state index < -0.39 is 0 Å². The van der Waals surface area contributed by atoms with E-state index in [1.165, 1.54) is 11.8 Å². The number of para-hydroxylation sites is 1. The minimum Gasteiger partial charge on any atom is -0.507 e. The van der Waals surface area contributed by atoms with E-state index in [0.717, 1.165) is 14.3 Å². The van der Waals surface area contributed by atoms with Crippen LogP contribution in [0, 0.1) is 11.3 Å². The lowest BCUT2D eigenvalue weighted by atomic mass is 10.2. The third kappa shape index (κ3) is 2.63. The summed E-state index contributed by atoms with van der Waals surface area (Å²) in [6.07, 6.45) is 0. The van der Waals surface area contributed by atoms with Crippen LogP contribution in [0.4, 0.5) is 0 Å². The molecule has 0 aliphatic carbocycles. The summed E-state index contributed by atoms with van der Waals surface area (Å²) in [6, 6.07) is 14.8. The van der Waals surface area contributed by atoms with Gasteiger partial charge in [-0.1, -0.05) is 30.0 Å². The summed E-state index contributed by atoms with van der Waals surface area (Å²) in [4.78, 5) is 1.56. The third-order valence-corrected chi connectivity index (χ3v) is 3.96. The number of nitrogens with zero attached hydrogens (tertiary/aromatic N) is 1. The van der Waals surface area contributed by atoms with Crippen molar-refractivity contribution < 1.29 is 5.11 Å². The summed E-state index contributed by atoms with van der Waals surface area (Å²) < 4.78 is 0.764. The standard InChI is InChI=1S/C13H8BrNOS/c14-10-4-3-7-12(9(10)8-15)17-13-6-2-1-5-11(13)16/h1-7,16H. The molecule has 0 aromatic heterocycles. The Balaban J connectivity index is 2.41. The van der Waals surface area contributed by atoms with Crippen molar-refractivity contribution in [3.05, 3.63) is 52.5 Å². The SMILES string of the molecule is N#Cc1c(Br)cccc1Sc1ccccc1O. The number of benzene rings is 2. The molecule has 0 saturated heterocycles. The Morgan fingerprint density at radius 1 is 1.06 bits per heavy atom. The van der Waals surface area contributed by atoms with E-state index in [1.54, 1.807) is 12.1 Å². The molecule has 0 fully saturated rings. The second-order valence-corrected chi connectivity index (χ2v) is 5.23. The molecule has 84 valence electrons. The second-order valence-electron chi connectivity index (χ2n) is 3.29. The van der Waals surface area contributed by atoms with Crippen LogP contribution in [0.1, 0.15) is 5.56 Å². The van der Waals surface area contributed by atoms with Gasteiger partial charge in [-0.2, -0.15) is 5.26 Å². The largest absolute Gasteiger partial charge is 0.507 e. The first-order chi connectivity index (χ1) is 8.22. The van der Waals surface area contributed by atoms with Crippen LogP contribution in [0.5, 0.6) is 5.75 Å². The van der Waals surface area contributed by atoms with Crippen molar-refractivity contribution in [2.75, 3.05) is 0 Å². The Hall–Kier alpha value is -1.44. The number of rotatable bonds is 2. The molecule has 0 heterocycles. The van der Waals surface area contributed by atoms with Crippen molar-refractivity contribution in [1.82, 2.24) is 0 Å². The van der Waals surface area contributed by atoms with Gasteiger partial charge in [0.25, 0.3) is 0 Å². The summed E-state index contributed by atoms with van der Waals surface area (Å²) in [6.45, 7) is 0. The molecule has 0 radical (unpaired) electrons. The van der Waals surface area contributed by atoms with Crippen molar-refractivity contribution in [2.45, 2.75) is 9.79 Å². The van der Waals surface area contributed by atoms with E-state index in [0.29, 0.717) is 5.56 Å². The molecule has 0 spiro atoms. The quantitative estimate of drug-likeness (QED) is 0.905. The molecular weight excluding hydrogens is 298 g/mol. The van der Waals surface area contributed by atoms with Gasteiger partial charge in [0.05, 0.1) is 10.5 Å². The monoisotopic (exact) mass is 305 g/mol. The lowest BCUT2D eigenvalue weighted by Gasteiger charge is -2.06. The summed E-state index contributed by atoms with van der Waals surface area (Å²) in [5.74, 6) is 0.223. The van der Waals surface area contributed by atoms with Gasteiger partial charge in [0.1, 0.15) is 11.8 Å². The van der Waals surface area contributed by atoms with Gasteiger partial charge in [-0.05, 0) is 40.2 Å². The van der Waals surface area contributed by atoms with E-state index >= 15 is 0 Å². The van der Waals surface area contributed by atoms with Crippen LogP contribution >= 0.6 is 27.7 Å². The Labute approximate surface area is 112 Å². The molecule has 1 N–H and O–H groups in total. The van der Waals surface area contributed by atoms with Gasteiger partial charge in [-0.15, -0.1) is 0 Å². The van der Waals surface area contributed by atoms with E-state index in [1.807, 2.05) is 30.3 Å². The fraction of sp³-hybridized carbons (Fsp3) is 0. The summed E-state index contributed by atoms with van der Waals surface area (Å²) in [5, 5.41) is 18.8. The van der Waals surface area contributed by atoms with Crippen LogP contribution in [-0.4, -0.2) is 5.11 Å². The maximum atomic E-state index is 9.69. The number of hydrogen-bond donors (Lipinski definition) is 1. The van der Waals surface area contributed by atoms with Gasteiger partial charge in [0.15, 0.2) is 0 Å². The number of nitriles is 1. The maximum absolute atomic E-state index is 9.69. The van der Waals surface area contributed by atoms with E-state index in [2.05, 4.69) is 22.0 Å². The van der Waals surface area contributed by atoms with Crippen LogP contribution in [0.3, 0.4) is 0 Å². The smallest absolute Gasteiger partial charge is 0.129 e. The zero-order valence-electron chi connectivity index (χ0n) is 8.72. The maximum Gasteiger partial charge on any atom is 0.129 e. The Bertz CT molecular complexity index is 592. The number of halogens is 1.